The van der Waals surface area contributed by atoms with Crippen LogP contribution in [0, 0.1) is 5.92 Å². The Bertz CT molecular complexity index is 697. The molecule has 1 aromatic heterocycles. The molecule has 1 unspecified atom stereocenters. The fourth-order valence-electron chi connectivity index (χ4n) is 2.85. The van der Waals surface area contributed by atoms with Crippen LogP contribution < -0.4 is 9.64 Å². The highest BCUT2D eigenvalue weighted by Crippen LogP contribution is 2.27. The van der Waals surface area contributed by atoms with Crippen LogP contribution in [0.4, 0.5) is 5.69 Å². The maximum atomic E-state index is 13.3. The molecule has 1 aromatic carbocycles. The first kappa shape index (κ1) is 17.4. The van der Waals surface area contributed by atoms with Crippen LogP contribution in [-0.4, -0.2) is 36.8 Å². The van der Waals surface area contributed by atoms with Crippen LogP contribution in [0.2, 0.25) is 0 Å². The Balaban J connectivity index is 1.93. The molecule has 3 rings (SSSR count). The van der Waals surface area contributed by atoms with Crippen molar-refractivity contribution in [3.8, 4) is 5.88 Å². The summed E-state index contributed by atoms with van der Waals surface area (Å²) in [7, 11) is 0. The van der Waals surface area contributed by atoms with Crippen LogP contribution in [0.1, 0.15) is 30.6 Å². The molecule has 5 heteroatoms. The van der Waals surface area contributed by atoms with Gasteiger partial charge in [-0.05, 0) is 36.6 Å². The summed E-state index contributed by atoms with van der Waals surface area (Å²) in [6.45, 7) is 5.87. The van der Waals surface area contributed by atoms with E-state index >= 15 is 0 Å². The van der Waals surface area contributed by atoms with Gasteiger partial charge in [-0.3, -0.25) is 4.79 Å². The lowest BCUT2D eigenvalue weighted by atomic mass is 10.1. The van der Waals surface area contributed by atoms with Gasteiger partial charge in [-0.15, -0.1) is 0 Å². The van der Waals surface area contributed by atoms with Crippen molar-refractivity contribution in [1.82, 2.24) is 4.98 Å². The summed E-state index contributed by atoms with van der Waals surface area (Å²) in [6.07, 6.45) is 2.47. The van der Waals surface area contributed by atoms with E-state index < -0.39 is 0 Å². The van der Waals surface area contributed by atoms with E-state index in [1.165, 1.54) is 0 Å². The molecule has 2 heterocycles. The van der Waals surface area contributed by atoms with E-state index in [2.05, 4.69) is 18.8 Å². The molecule has 1 saturated heterocycles. The third kappa shape index (κ3) is 4.17. The van der Waals surface area contributed by atoms with Crippen molar-refractivity contribution in [3.63, 3.8) is 0 Å². The molecule has 25 heavy (non-hydrogen) atoms. The molecule has 0 radical (unpaired) electrons. The van der Waals surface area contributed by atoms with Crippen molar-refractivity contribution in [2.24, 2.45) is 5.92 Å². The SMILES string of the molecule is CC(C)COc1ncccc1C(=O)N(c1ccccc1)C1CCOC1. The lowest BCUT2D eigenvalue weighted by Gasteiger charge is -2.28. The molecular formula is C20H24N2O3. The predicted octanol–water partition coefficient (Wildman–Crippen LogP) is 3.55. The largest absolute Gasteiger partial charge is 0.477 e. The molecule has 132 valence electrons. The molecule has 1 aliphatic rings. The van der Waals surface area contributed by atoms with E-state index in [9.17, 15) is 4.79 Å². The van der Waals surface area contributed by atoms with Crippen molar-refractivity contribution >= 4 is 11.6 Å². The predicted molar refractivity (Wildman–Crippen MR) is 97.0 cm³/mol. The molecular weight excluding hydrogens is 316 g/mol. The average Bonchev–Trinajstić information content (AvgIpc) is 3.15. The maximum absolute atomic E-state index is 13.3. The molecule has 1 fully saturated rings. The Kier molecular flexibility index (Phi) is 5.66. The summed E-state index contributed by atoms with van der Waals surface area (Å²) < 4.78 is 11.3. The number of hydrogen-bond donors (Lipinski definition) is 0. The highest BCUT2D eigenvalue weighted by Gasteiger charge is 2.31. The standard InChI is InChI=1S/C20H24N2O3/c1-15(2)13-25-19-18(9-6-11-21-19)20(23)22(17-10-12-24-14-17)16-7-4-3-5-8-16/h3-9,11,15,17H,10,12-14H2,1-2H3. The van der Waals surface area contributed by atoms with E-state index in [0.29, 0.717) is 37.2 Å². The van der Waals surface area contributed by atoms with Gasteiger partial charge in [-0.25, -0.2) is 4.98 Å². The fourth-order valence-corrected chi connectivity index (χ4v) is 2.85. The highest BCUT2D eigenvalue weighted by atomic mass is 16.5. The zero-order chi connectivity index (χ0) is 17.6. The summed E-state index contributed by atoms with van der Waals surface area (Å²) in [5.74, 6) is 0.646. The molecule has 0 spiro atoms. The van der Waals surface area contributed by atoms with Gasteiger partial charge in [0.2, 0.25) is 5.88 Å². The lowest BCUT2D eigenvalue weighted by molar-refractivity contribution is 0.0966. The second kappa shape index (κ2) is 8.12. The van der Waals surface area contributed by atoms with Gasteiger partial charge in [0, 0.05) is 18.5 Å². The number of benzene rings is 1. The second-order valence-corrected chi connectivity index (χ2v) is 6.59. The Labute approximate surface area is 148 Å². The van der Waals surface area contributed by atoms with Crippen molar-refractivity contribution in [1.29, 1.82) is 0 Å². The minimum atomic E-state index is -0.103. The van der Waals surface area contributed by atoms with Crippen LogP contribution in [0.5, 0.6) is 5.88 Å². The molecule has 0 bridgehead atoms. The van der Waals surface area contributed by atoms with E-state index in [-0.39, 0.29) is 11.9 Å². The zero-order valence-electron chi connectivity index (χ0n) is 14.7. The highest BCUT2D eigenvalue weighted by molar-refractivity contribution is 6.08. The number of rotatable bonds is 6. The van der Waals surface area contributed by atoms with Gasteiger partial charge in [0.05, 0.1) is 19.3 Å². The number of hydrogen-bond acceptors (Lipinski definition) is 4. The summed E-state index contributed by atoms with van der Waals surface area (Å²) in [5, 5.41) is 0. The first-order chi connectivity index (χ1) is 12.2. The third-order valence-corrected chi connectivity index (χ3v) is 4.08. The number of carbonyl (C=O) groups is 1. The number of pyridine rings is 1. The van der Waals surface area contributed by atoms with Gasteiger partial charge in [0.15, 0.2) is 0 Å². The summed E-state index contributed by atoms with van der Waals surface area (Å²) in [5.41, 5.74) is 1.35. The minimum absolute atomic E-state index is 0.0213. The van der Waals surface area contributed by atoms with Gasteiger partial charge in [0.25, 0.3) is 5.91 Å². The Morgan fingerprint density at radius 1 is 1.28 bits per heavy atom. The van der Waals surface area contributed by atoms with Crippen molar-refractivity contribution in [2.75, 3.05) is 24.7 Å². The lowest BCUT2D eigenvalue weighted by Crippen LogP contribution is -2.41. The molecule has 1 atom stereocenters. The van der Waals surface area contributed by atoms with Crippen LogP contribution in [0.3, 0.4) is 0 Å². The smallest absolute Gasteiger partial charge is 0.264 e. The number of para-hydroxylation sites is 1. The summed E-state index contributed by atoms with van der Waals surface area (Å²) in [4.78, 5) is 19.4. The molecule has 5 nitrogen and oxygen atoms in total. The summed E-state index contributed by atoms with van der Waals surface area (Å²) in [6, 6.07) is 13.3. The number of nitrogens with zero attached hydrogens (tertiary/aromatic N) is 2. The Morgan fingerprint density at radius 2 is 2.08 bits per heavy atom. The fraction of sp³-hybridized carbons (Fsp3) is 0.400. The third-order valence-electron chi connectivity index (χ3n) is 4.08. The Morgan fingerprint density at radius 3 is 2.76 bits per heavy atom. The van der Waals surface area contributed by atoms with Gasteiger partial charge in [0.1, 0.15) is 5.56 Å². The van der Waals surface area contributed by atoms with Crippen LogP contribution in [0.25, 0.3) is 0 Å². The molecule has 0 N–H and O–H groups in total. The second-order valence-electron chi connectivity index (χ2n) is 6.59. The van der Waals surface area contributed by atoms with Crippen LogP contribution in [0.15, 0.2) is 48.7 Å². The van der Waals surface area contributed by atoms with Gasteiger partial charge >= 0.3 is 0 Å². The number of anilines is 1. The van der Waals surface area contributed by atoms with Crippen molar-refractivity contribution < 1.29 is 14.3 Å². The van der Waals surface area contributed by atoms with Gasteiger partial charge in [-0.2, -0.15) is 0 Å². The minimum Gasteiger partial charge on any atom is -0.477 e. The van der Waals surface area contributed by atoms with Gasteiger partial charge in [-0.1, -0.05) is 32.0 Å². The molecule has 1 aliphatic heterocycles. The van der Waals surface area contributed by atoms with Crippen LogP contribution >= 0.6 is 0 Å². The number of carbonyl (C=O) groups excluding carboxylic acids is 1. The van der Waals surface area contributed by atoms with Crippen molar-refractivity contribution in [3.05, 3.63) is 54.2 Å². The number of amides is 1. The van der Waals surface area contributed by atoms with E-state index in [4.69, 9.17) is 9.47 Å². The topological polar surface area (TPSA) is 51.7 Å². The first-order valence-electron chi connectivity index (χ1n) is 8.71. The normalized spacial score (nSPS) is 16.8. The van der Waals surface area contributed by atoms with Crippen molar-refractivity contribution in [2.45, 2.75) is 26.3 Å². The Hall–Kier alpha value is -2.40. The van der Waals surface area contributed by atoms with E-state index in [1.54, 1.807) is 18.3 Å². The average molecular weight is 340 g/mol. The first-order valence-corrected chi connectivity index (χ1v) is 8.71. The number of aromatic nitrogens is 1. The monoisotopic (exact) mass is 340 g/mol. The molecule has 0 saturated carbocycles. The molecule has 2 aromatic rings. The molecule has 0 aliphatic carbocycles. The van der Waals surface area contributed by atoms with Crippen LogP contribution in [-0.2, 0) is 4.74 Å². The van der Waals surface area contributed by atoms with E-state index in [1.807, 2.05) is 35.2 Å². The quantitative estimate of drug-likeness (QED) is 0.807. The van der Waals surface area contributed by atoms with Gasteiger partial charge < -0.3 is 14.4 Å². The zero-order valence-corrected chi connectivity index (χ0v) is 14.7. The number of ether oxygens (including phenoxy) is 2. The summed E-state index contributed by atoms with van der Waals surface area (Å²) >= 11 is 0. The maximum Gasteiger partial charge on any atom is 0.264 e. The molecule has 1 amide bonds. The van der Waals surface area contributed by atoms with E-state index in [0.717, 1.165) is 12.1 Å².